The van der Waals surface area contributed by atoms with Crippen molar-refractivity contribution in [1.82, 2.24) is 9.55 Å². The number of nitrogens with one attached hydrogen (secondary N) is 1. The number of nitrogens with zero attached hydrogens (tertiary/aromatic N) is 2. The lowest BCUT2D eigenvalue weighted by molar-refractivity contribution is 0.465. The molecule has 0 saturated carbocycles. The number of hydrogen-bond donors (Lipinski definition) is 1. The Balaban J connectivity index is 0.000000688. The fourth-order valence-corrected chi connectivity index (χ4v) is 3.87. The van der Waals surface area contributed by atoms with E-state index in [-0.39, 0.29) is 5.41 Å². The molecule has 0 aliphatic carbocycles. The summed E-state index contributed by atoms with van der Waals surface area (Å²) in [5.74, 6) is 1.14. The fourth-order valence-electron chi connectivity index (χ4n) is 3.22. The van der Waals surface area contributed by atoms with E-state index in [0.29, 0.717) is 0 Å². The summed E-state index contributed by atoms with van der Waals surface area (Å²) in [4.78, 5) is 6.19. The molecule has 3 rings (SSSR count). The molecule has 3 nitrogen and oxygen atoms in total. The first-order valence-electron chi connectivity index (χ1n) is 12.5. The summed E-state index contributed by atoms with van der Waals surface area (Å²) in [6.45, 7) is 20.2. The van der Waals surface area contributed by atoms with E-state index in [9.17, 15) is 0 Å². The van der Waals surface area contributed by atoms with Gasteiger partial charge in [0, 0.05) is 22.5 Å². The number of imidazole rings is 1. The van der Waals surface area contributed by atoms with Gasteiger partial charge in [-0.3, -0.25) is 0 Å². The standard InChI is InChI=1S/C22H27N3S.C4H10.C3H8/c1-5-14-22(3,4)21-23-19-16-17(12-13-20(19)25(21)15-6-2)24-26-18-10-8-7-9-11-18;1-3-4-2;1-3-2/h5,7-13,16,24H,1,6,14-15H2,2-4H3;3-4H2,1-2H3;3H2,1-2H3. The van der Waals surface area contributed by atoms with Crippen LogP contribution in [0.1, 0.15) is 86.4 Å². The van der Waals surface area contributed by atoms with E-state index in [2.05, 4.69) is 94.7 Å². The van der Waals surface area contributed by atoms with Crippen LogP contribution in [-0.2, 0) is 12.0 Å². The van der Waals surface area contributed by atoms with Crippen LogP contribution in [0.4, 0.5) is 5.69 Å². The highest BCUT2D eigenvalue weighted by Gasteiger charge is 2.26. The average Bonchev–Trinajstić information content (AvgIpc) is 3.18. The summed E-state index contributed by atoms with van der Waals surface area (Å²) >= 11 is 1.62. The molecule has 182 valence electrons. The van der Waals surface area contributed by atoms with Gasteiger partial charge < -0.3 is 9.29 Å². The SMILES string of the molecule is C=CCC(C)(C)c1nc2cc(NSc3ccccc3)ccc2n1CCC.CCC.CCCC. The zero-order valence-corrected chi connectivity index (χ0v) is 22.8. The first-order valence-corrected chi connectivity index (χ1v) is 13.3. The fraction of sp³-hybridized carbons (Fsp3) is 0.483. The van der Waals surface area contributed by atoms with Crippen molar-refractivity contribution in [2.45, 2.75) is 97.4 Å². The van der Waals surface area contributed by atoms with Gasteiger partial charge in [-0.1, -0.05) is 92.0 Å². The van der Waals surface area contributed by atoms with Crippen molar-refractivity contribution < 1.29 is 0 Å². The second kappa shape index (κ2) is 15.6. The maximum absolute atomic E-state index is 5.00. The van der Waals surface area contributed by atoms with Crippen LogP contribution in [0, 0.1) is 0 Å². The van der Waals surface area contributed by atoms with Gasteiger partial charge in [-0.25, -0.2) is 4.98 Å². The van der Waals surface area contributed by atoms with E-state index in [1.165, 1.54) is 29.7 Å². The number of anilines is 1. The van der Waals surface area contributed by atoms with Crippen LogP contribution < -0.4 is 4.72 Å². The van der Waals surface area contributed by atoms with Crippen LogP contribution in [0.5, 0.6) is 0 Å². The van der Waals surface area contributed by atoms with Gasteiger partial charge in [-0.2, -0.15) is 0 Å². The Hall–Kier alpha value is -2.20. The molecule has 3 aromatic rings. The average molecular weight is 468 g/mol. The minimum Gasteiger partial charge on any atom is -0.328 e. The largest absolute Gasteiger partial charge is 0.328 e. The molecule has 0 unspecified atom stereocenters. The second-order valence-electron chi connectivity index (χ2n) is 8.89. The quantitative estimate of drug-likeness (QED) is 0.251. The number of aromatic nitrogens is 2. The van der Waals surface area contributed by atoms with E-state index >= 15 is 0 Å². The number of allylic oxidation sites excluding steroid dienone is 1. The Morgan fingerprint density at radius 2 is 1.61 bits per heavy atom. The summed E-state index contributed by atoms with van der Waals surface area (Å²) in [5, 5.41) is 0. The van der Waals surface area contributed by atoms with E-state index < -0.39 is 0 Å². The molecule has 0 amide bonds. The lowest BCUT2D eigenvalue weighted by atomic mass is 9.88. The third kappa shape index (κ3) is 9.29. The lowest BCUT2D eigenvalue weighted by Gasteiger charge is -2.23. The zero-order chi connectivity index (χ0) is 24.7. The first-order chi connectivity index (χ1) is 15.9. The predicted octanol–water partition coefficient (Wildman–Crippen LogP) is 9.64. The van der Waals surface area contributed by atoms with Crippen LogP contribution in [0.15, 0.2) is 66.1 Å². The Morgan fingerprint density at radius 1 is 0.970 bits per heavy atom. The molecule has 0 saturated heterocycles. The van der Waals surface area contributed by atoms with Gasteiger partial charge in [0.1, 0.15) is 5.82 Å². The van der Waals surface area contributed by atoms with Gasteiger partial charge in [0.15, 0.2) is 0 Å². The number of unbranched alkanes of at least 4 members (excludes halogenated alkanes) is 1. The normalized spacial score (nSPS) is 10.6. The third-order valence-corrected chi connectivity index (χ3v) is 5.83. The molecule has 0 aliphatic heterocycles. The van der Waals surface area contributed by atoms with Crippen molar-refractivity contribution in [2.24, 2.45) is 0 Å². The van der Waals surface area contributed by atoms with E-state index in [0.717, 1.165) is 36.4 Å². The van der Waals surface area contributed by atoms with E-state index in [1.54, 1.807) is 11.9 Å². The predicted molar refractivity (Wildman–Crippen MR) is 150 cm³/mol. The molecule has 33 heavy (non-hydrogen) atoms. The van der Waals surface area contributed by atoms with Gasteiger partial charge in [-0.15, -0.1) is 6.58 Å². The van der Waals surface area contributed by atoms with Crippen LogP contribution in [0.2, 0.25) is 0 Å². The maximum atomic E-state index is 5.00. The van der Waals surface area contributed by atoms with Gasteiger partial charge in [0.2, 0.25) is 0 Å². The molecule has 1 aromatic heterocycles. The minimum atomic E-state index is -0.0255. The Bertz CT molecular complexity index is 927. The number of rotatable bonds is 9. The number of benzene rings is 2. The van der Waals surface area contributed by atoms with Crippen LogP contribution in [-0.4, -0.2) is 9.55 Å². The molecule has 1 N–H and O–H groups in total. The molecule has 0 aliphatic rings. The molecular formula is C29H45N3S. The number of aryl methyl sites for hydroxylation is 1. The summed E-state index contributed by atoms with van der Waals surface area (Å²) in [6.07, 6.45) is 7.88. The van der Waals surface area contributed by atoms with Crippen molar-refractivity contribution in [3.63, 3.8) is 0 Å². The minimum absolute atomic E-state index is 0.0255. The van der Waals surface area contributed by atoms with Gasteiger partial charge >= 0.3 is 0 Å². The third-order valence-electron chi connectivity index (χ3n) is 4.99. The van der Waals surface area contributed by atoms with Crippen molar-refractivity contribution in [1.29, 1.82) is 0 Å². The highest BCUT2D eigenvalue weighted by atomic mass is 32.2. The van der Waals surface area contributed by atoms with Gasteiger partial charge in [0.05, 0.1) is 11.0 Å². The summed E-state index contributed by atoms with van der Waals surface area (Å²) in [7, 11) is 0. The van der Waals surface area contributed by atoms with E-state index in [4.69, 9.17) is 4.98 Å². The zero-order valence-electron chi connectivity index (χ0n) is 21.9. The smallest absolute Gasteiger partial charge is 0.115 e. The number of fused-ring (bicyclic) bond motifs is 1. The van der Waals surface area contributed by atoms with E-state index in [1.807, 2.05) is 24.3 Å². The lowest BCUT2D eigenvalue weighted by Crippen LogP contribution is -2.22. The first kappa shape index (κ1) is 28.8. The summed E-state index contributed by atoms with van der Waals surface area (Å²) in [5.41, 5.74) is 3.29. The summed E-state index contributed by atoms with van der Waals surface area (Å²) < 4.78 is 5.80. The van der Waals surface area contributed by atoms with Crippen molar-refractivity contribution in [3.8, 4) is 0 Å². The second-order valence-corrected chi connectivity index (χ2v) is 9.77. The molecular weight excluding hydrogens is 422 g/mol. The molecule has 0 bridgehead atoms. The Kier molecular flexibility index (Phi) is 13.6. The molecule has 2 aromatic carbocycles. The van der Waals surface area contributed by atoms with Crippen LogP contribution in [0.3, 0.4) is 0 Å². The molecule has 0 atom stereocenters. The Labute approximate surface area is 207 Å². The molecule has 0 radical (unpaired) electrons. The van der Waals surface area contributed by atoms with Crippen molar-refractivity contribution >= 4 is 28.7 Å². The monoisotopic (exact) mass is 467 g/mol. The topological polar surface area (TPSA) is 29.9 Å². The van der Waals surface area contributed by atoms with Gasteiger partial charge in [-0.05, 0) is 55.1 Å². The van der Waals surface area contributed by atoms with Crippen molar-refractivity contribution in [2.75, 3.05) is 4.72 Å². The number of hydrogen-bond acceptors (Lipinski definition) is 3. The highest BCUT2D eigenvalue weighted by Crippen LogP contribution is 2.32. The highest BCUT2D eigenvalue weighted by molar-refractivity contribution is 8.00. The summed E-state index contributed by atoms with van der Waals surface area (Å²) in [6, 6.07) is 16.8. The Morgan fingerprint density at radius 3 is 2.15 bits per heavy atom. The van der Waals surface area contributed by atoms with Crippen LogP contribution in [0.25, 0.3) is 11.0 Å². The van der Waals surface area contributed by atoms with Crippen LogP contribution >= 0.6 is 11.9 Å². The molecule has 0 spiro atoms. The molecule has 0 fully saturated rings. The molecule has 4 heteroatoms. The maximum Gasteiger partial charge on any atom is 0.115 e. The van der Waals surface area contributed by atoms with Gasteiger partial charge in [0.25, 0.3) is 0 Å². The van der Waals surface area contributed by atoms with Crippen molar-refractivity contribution in [3.05, 3.63) is 67.0 Å². The molecule has 1 heterocycles.